The lowest BCUT2D eigenvalue weighted by molar-refractivity contribution is -0.119. The zero-order valence-electron chi connectivity index (χ0n) is 9.85. The Morgan fingerprint density at radius 2 is 2.00 bits per heavy atom. The first-order chi connectivity index (χ1) is 9.16. The molecule has 5 nitrogen and oxygen atoms in total. The molecule has 0 radical (unpaired) electrons. The minimum atomic E-state index is -0.645. The number of rotatable bonds is 4. The molecule has 0 bridgehead atoms. The number of ether oxygens (including phenoxy) is 1. The van der Waals surface area contributed by atoms with Crippen molar-refractivity contribution >= 4 is 17.6 Å². The van der Waals surface area contributed by atoms with Gasteiger partial charge in [0.25, 0.3) is 5.91 Å². The number of esters is 1. The third kappa shape index (κ3) is 3.41. The number of aromatic nitrogens is 1. The second-order valence-electron chi connectivity index (χ2n) is 3.69. The molecule has 1 amide bonds. The van der Waals surface area contributed by atoms with E-state index in [4.69, 9.17) is 4.74 Å². The first kappa shape index (κ1) is 12.8. The van der Waals surface area contributed by atoms with Gasteiger partial charge >= 0.3 is 5.97 Å². The Morgan fingerprint density at radius 1 is 1.21 bits per heavy atom. The smallest absolute Gasteiger partial charge is 0.355 e. The number of aromatic amines is 1. The summed E-state index contributed by atoms with van der Waals surface area (Å²) in [5, 5.41) is 2.31. The summed E-state index contributed by atoms with van der Waals surface area (Å²) in [6, 6.07) is 8.90. The minimum absolute atomic E-state index is 0.0448. The van der Waals surface area contributed by atoms with Gasteiger partial charge in [-0.1, -0.05) is 12.1 Å². The molecular weight excluding hydrogens is 251 g/mol. The van der Waals surface area contributed by atoms with Crippen LogP contribution in [0.25, 0.3) is 0 Å². The Hall–Kier alpha value is -2.63. The highest BCUT2D eigenvalue weighted by molar-refractivity contribution is 5.94. The molecule has 0 saturated carbocycles. The second-order valence-corrected chi connectivity index (χ2v) is 3.69. The lowest BCUT2D eigenvalue weighted by Gasteiger charge is -2.06. The first-order valence-corrected chi connectivity index (χ1v) is 5.51. The molecule has 0 unspecified atom stereocenters. The molecule has 0 aliphatic heterocycles. The Bertz CT molecular complexity index is 581. The molecule has 0 fully saturated rings. The van der Waals surface area contributed by atoms with Gasteiger partial charge in [0, 0.05) is 6.20 Å². The van der Waals surface area contributed by atoms with E-state index >= 15 is 0 Å². The molecule has 2 N–H and O–H groups in total. The van der Waals surface area contributed by atoms with Gasteiger partial charge in [-0.25, -0.2) is 9.18 Å². The average molecular weight is 262 g/mol. The molecule has 0 spiro atoms. The molecule has 19 heavy (non-hydrogen) atoms. The molecular formula is C13H11FN2O3. The maximum Gasteiger partial charge on any atom is 0.355 e. The van der Waals surface area contributed by atoms with E-state index in [0.29, 0.717) is 0 Å². The van der Waals surface area contributed by atoms with Crippen molar-refractivity contribution in [2.75, 3.05) is 11.9 Å². The molecule has 98 valence electrons. The van der Waals surface area contributed by atoms with Crippen molar-refractivity contribution in [3.8, 4) is 0 Å². The number of carbonyl (C=O) groups excluding carboxylic acids is 2. The Balaban J connectivity index is 1.86. The predicted octanol–water partition coefficient (Wildman–Crippen LogP) is 1.95. The lowest BCUT2D eigenvalue weighted by Crippen LogP contribution is -2.21. The van der Waals surface area contributed by atoms with Gasteiger partial charge in [-0.15, -0.1) is 0 Å². The van der Waals surface area contributed by atoms with Gasteiger partial charge in [-0.3, -0.25) is 4.79 Å². The summed E-state index contributed by atoms with van der Waals surface area (Å²) in [7, 11) is 0. The van der Waals surface area contributed by atoms with Crippen molar-refractivity contribution in [3.63, 3.8) is 0 Å². The maximum atomic E-state index is 13.2. The largest absolute Gasteiger partial charge is 0.451 e. The van der Waals surface area contributed by atoms with Crippen LogP contribution in [-0.2, 0) is 9.53 Å². The van der Waals surface area contributed by atoms with Crippen LogP contribution in [0.2, 0.25) is 0 Å². The number of para-hydroxylation sites is 1. The Labute approximate surface area is 108 Å². The number of H-pyrrole nitrogens is 1. The van der Waals surface area contributed by atoms with Crippen LogP contribution in [0.5, 0.6) is 0 Å². The van der Waals surface area contributed by atoms with Gasteiger partial charge in [0.05, 0.1) is 5.69 Å². The van der Waals surface area contributed by atoms with E-state index in [-0.39, 0.29) is 11.4 Å². The zero-order valence-corrected chi connectivity index (χ0v) is 9.85. The monoisotopic (exact) mass is 262 g/mol. The lowest BCUT2D eigenvalue weighted by atomic mass is 10.3. The number of halogens is 1. The fourth-order valence-corrected chi connectivity index (χ4v) is 1.42. The summed E-state index contributed by atoms with van der Waals surface area (Å²) >= 11 is 0. The topological polar surface area (TPSA) is 71.2 Å². The normalized spacial score (nSPS) is 9.95. The van der Waals surface area contributed by atoms with Gasteiger partial charge < -0.3 is 15.0 Å². The van der Waals surface area contributed by atoms with Crippen LogP contribution in [0, 0.1) is 5.82 Å². The van der Waals surface area contributed by atoms with Crippen molar-refractivity contribution in [3.05, 3.63) is 54.1 Å². The van der Waals surface area contributed by atoms with E-state index in [2.05, 4.69) is 10.3 Å². The van der Waals surface area contributed by atoms with Crippen LogP contribution in [0.4, 0.5) is 10.1 Å². The van der Waals surface area contributed by atoms with E-state index in [1.807, 2.05) is 0 Å². The summed E-state index contributed by atoms with van der Waals surface area (Å²) in [4.78, 5) is 25.5. The number of hydrogen-bond acceptors (Lipinski definition) is 3. The number of benzene rings is 1. The quantitative estimate of drug-likeness (QED) is 0.827. The highest BCUT2D eigenvalue weighted by Crippen LogP contribution is 2.12. The maximum absolute atomic E-state index is 13.2. The summed E-state index contributed by atoms with van der Waals surface area (Å²) in [5.41, 5.74) is 0.294. The second kappa shape index (κ2) is 5.81. The fraction of sp³-hybridized carbons (Fsp3) is 0.0769. The van der Waals surface area contributed by atoms with Crippen LogP contribution in [0.1, 0.15) is 10.5 Å². The van der Waals surface area contributed by atoms with Crippen LogP contribution in [0.15, 0.2) is 42.6 Å². The Morgan fingerprint density at radius 3 is 2.68 bits per heavy atom. The first-order valence-electron chi connectivity index (χ1n) is 5.51. The van der Waals surface area contributed by atoms with E-state index in [9.17, 15) is 14.0 Å². The molecule has 6 heteroatoms. The van der Waals surface area contributed by atoms with Crippen LogP contribution < -0.4 is 5.32 Å². The highest BCUT2D eigenvalue weighted by Gasteiger charge is 2.11. The van der Waals surface area contributed by atoms with E-state index in [1.165, 1.54) is 24.3 Å². The predicted molar refractivity (Wildman–Crippen MR) is 66.1 cm³/mol. The minimum Gasteiger partial charge on any atom is -0.451 e. The zero-order chi connectivity index (χ0) is 13.7. The molecule has 1 aromatic carbocycles. The third-order valence-electron chi connectivity index (χ3n) is 2.30. The third-order valence-corrected chi connectivity index (χ3v) is 2.30. The number of nitrogens with one attached hydrogen (secondary N) is 2. The summed E-state index contributed by atoms with van der Waals surface area (Å²) in [6.45, 7) is -0.480. The SMILES string of the molecule is O=C(COC(=O)c1ccc[nH]1)Nc1ccccc1F. The van der Waals surface area contributed by atoms with Crippen molar-refractivity contribution in [1.82, 2.24) is 4.98 Å². The molecule has 2 aromatic rings. The van der Waals surface area contributed by atoms with E-state index < -0.39 is 24.3 Å². The van der Waals surface area contributed by atoms with Gasteiger partial charge in [0.2, 0.25) is 0 Å². The highest BCUT2D eigenvalue weighted by atomic mass is 19.1. The van der Waals surface area contributed by atoms with E-state index in [1.54, 1.807) is 18.3 Å². The average Bonchev–Trinajstić information content (AvgIpc) is 2.93. The molecule has 0 aliphatic rings. The number of carbonyl (C=O) groups is 2. The number of amides is 1. The van der Waals surface area contributed by atoms with Gasteiger partial charge in [0.1, 0.15) is 11.5 Å². The standard InChI is InChI=1S/C13H11FN2O3/c14-9-4-1-2-5-10(9)16-12(17)8-19-13(18)11-6-3-7-15-11/h1-7,15H,8H2,(H,16,17). The van der Waals surface area contributed by atoms with Gasteiger partial charge in [-0.05, 0) is 24.3 Å². The van der Waals surface area contributed by atoms with Crippen molar-refractivity contribution < 1.29 is 18.7 Å². The molecule has 0 atom stereocenters. The van der Waals surface area contributed by atoms with Crippen LogP contribution in [0.3, 0.4) is 0 Å². The molecule has 2 rings (SSSR count). The van der Waals surface area contributed by atoms with Crippen LogP contribution >= 0.6 is 0 Å². The van der Waals surface area contributed by atoms with E-state index in [0.717, 1.165) is 0 Å². The summed E-state index contributed by atoms with van der Waals surface area (Å²) in [5.74, 6) is -1.80. The molecule has 0 saturated heterocycles. The van der Waals surface area contributed by atoms with Crippen molar-refractivity contribution in [2.24, 2.45) is 0 Å². The fourth-order valence-electron chi connectivity index (χ4n) is 1.42. The molecule has 1 aromatic heterocycles. The van der Waals surface area contributed by atoms with Gasteiger partial charge in [0.15, 0.2) is 6.61 Å². The summed E-state index contributed by atoms with van der Waals surface area (Å²) in [6.07, 6.45) is 1.57. The molecule has 0 aliphatic carbocycles. The number of anilines is 1. The van der Waals surface area contributed by atoms with Gasteiger partial charge in [-0.2, -0.15) is 0 Å². The van der Waals surface area contributed by atoms with Crippen molar-refractivity contribution in [2.45, 2.75) is 0 Å². The van der Waals surface area contributed by atoms with Crippen molar-refractivity contribution in [1.29, 1.82) is 0 Å². The number of hydrogen-bond donors (Lipinski definition) is 2. The Kier molecular flexibility index (Phi) is 3.92. The molecule has 1 heterocycles. The summed E-state index contributed by atoms with van der Waals surface area (Å²) < 4.78 is 18.0. The van der Waals surface area contributed by atoms with Crippen LogP contribution in [-0.4, -0.2) is 23.5 Å².